The Balaban J connectivity index is 1.85. The molecule has 2 nitrogen and oxygen atoms in total. The van der Waals surface area contributed by atoms with Crippen LogP contribution < -0.4 is 0 Å². The van der Waals surface area contributed by atoms with Gasteiger partial charge in [0.05, 0.1) is 11.5 Å². The Morgan fingerprint density at radius 2 is 2.15 bits per heavy atom. The number of Topliss-reactive ketones (excluding diaryl/α,β-unsaturated/α-hetero) is 1. The van der Waals surface area contributed by atoms with Gasteiger partial charge in [-0.2, -0.15) is 5.26 Å². The average Bonchev–Trinajstić information content (AvgIpc) is 2.94. The van der Waals surface area contributed by atoms with Crippen molar-refractivity contribution in [2.75, 3.05) is 0 Å². The van der Waals surface area contributed by atoms with Crippen molar-refractivity contribution in [3.63, 3.8) is 0 Å². The molecule has 0 aromatic heterocycles. The largest absolute Gasteiger partial charge is 0.299 e. The maximum absolute atomic E-state index is 11.7. The van der Waals surface area contributed by atoms with E-state index in [1.807, 2.05) is 0 Å². The molecule has 13 heavy (non-hydrogen) atoms. The lowest BCUT2D eigenvalue weighted by Crippen LogP contribution is -2.35. The van der Waals surface area contributed by atoms with Crippen LogP contribution in [-0.4, -0.2) is 5.78 Å². The summed E-state index contributed by atoms with van der Waals surface area (Å²) in [5.74, 6) is 4.88. The van der Waals surface area contributed by atoms with Gasteiger partial charge in [0.1, 0.15) is 5.78 Å². The minimum atomic E-state index is 0.0385. The van der Waals surface area contributed by atoms with Gasteiger partial charge in [0.2, 0.25) is 0 Å². The minimum absolute atomic E-state index is 0.0385. The normalized spacial score (nSPS) is 78.1. The Kier molecular flexibility index (Phi) is 0.529. The lowest BCUT2D eigenvalue weighted by molar-refractivity contribution is -0.130. The van der Waals surface area contributed by atoms with E-state index in [-0.39, 0.29) is 5.41 Å². The lowest BCUT2D eigenvalue weighted by atomic mass is 9.70. The van der Waals surface area contributed by atoms with Crippen molar-refractivity contribution in [2.45, 2.75) is 6.42 Å². The van der Waals surface area contributed by atoms with Crippen molar-refractivity contribution < 1.29 is 4.79 Å². The molecule has 0 radical (unpaired) electrons. The summed E-state index contributed by atoms with van der Waals surface area (Å²) in [6.07, 6.45) is 0.826. The summed E-state index contributed by atoms with van der Waals surface area (Å²) in [5.41, 5.74) is 0.0385. The van der Waals surface area contributed by atoms with Gasteiger partial charge >= 0.3 is 0 Å². The number of nitrogens with zero attached hydrogens (tertiary/aromatic N) is 1. The maximum Gasteiger partial charge on any atom is 0.136 e. The van der Waals surface area contributed by atoms with Crippen molar-refractivity contribution in [2.24, 2.45) is 46.8 Å². The summed E-state index contributed by atoms with van der Waals surface area (Å²) in [6, 6.07) is 2.57. The van der Waals surface area contributed by atoms with E-state index in [1.165, 1.54) is 0 Å². The minimum Gasteiger partial charge on any atom is -0.299 e. The quantitative estimate of drug-likeness (QED) is 0.541. The van der Waals surface area contributed by atoms with E-state index >= 15 is 0 Å². The topological polar surface area (TPSA) is 40.9 Å². The van der Waals surface area contributed by atoms with Crippen LogP contribution in [0.15, 0.2) is 0 Å². The van der Waals surface area contributed by atoms with Gasteiger partial charge in [-0.1, -0.05) is 0 Å². The van der Waals surface area contributed by atoms with E-state index in [1.54, 1.807) is 0 Å². The van der Waals surface area contributed by atoms with E-state index in [9.17, 15) is 10.1 Å². The molecule has 6 aliphatic rings. The standard InChI is InChI=1S/C11H9NO/c12-2-11-8-3-1-4(13)6(10(8)11)7-5(3)9(7)11/h3,5-10H,1H2/t3-,5-,6+,7-,8+,9-,10+,11-/m0/s1. The first-order valence-corrected chi connectivity index (χ1v) is 5.26. The molecule has 0 heterocycles. The fraction of sp³-hybridized carbons (Fsp3) is 0.818. The molecule has 8 atom stereocenters. The van der Waals surface area contributed by atoms with Crippen LogP contribution in [0.3, 0.4) is 0 Å². The average molecular weight is 171 g/mol. The molecule has 6 saturated carbocycles. The van der Waals surface area contributed by atoms with Gasteiger partial charge in [0.15, 0.2) is 0 Å². The first kappa shape index (κ1) is 5.80. The number of ketones is 1. The molecule has 0 aromatic rings. The molecule has 0 aromatic carbocycles. The third-order valence-corrected chi connectivity index (χ3v) is 5.82. The molecular formula is C11H9NO. The zero-order chi connectivity index (χ0) is 8.53. The zero-order valence-electron chi connectivity index (χ0n) is 7.10. The van der Waals surface area contributed by atoms with Crippen LogP contribution in [-0.2, 0) is 4.79 Å². The second-order valence-electron chi connectivity index (χ2n) is 5.64. The van der Waals surface area contributed by atoms with Crippen LogP contribution in [0.1, 0.15) is 6.42 Å². The summed E-state index contributed by atoms with van der Waals surface area (Å²) in [6.45, 7) is 0. The van der Waals surface area contributed by atoms with E-state index in [4.69, 9.17) is 0 Å². The van der Waals surface area contributed by atoms with Crippen molar-refractivity contribution >= 4 is 5.78 Å². The summed E-state index contributed by atoms with van der Waals surface area (Å²) in [4.78, 5) is 11.7. The first-order chi connectivity index (χ1) is 6.32. The van der Waals surface area contributed by atoms with Gasteiger partial charge in [0, 0.05) is 12.3 Å². The first-order valence-electron chi connectivity index (χ1n) is 5.26. The molecule has 0 N–H and O–H groups in total. The van der Waals surface area contributed by atoms with E-state index in [2.05, 4.69) is 6.07 Å². The van der Waals surface area contributed by atoms with Gasteiger partial charge in [-0.15, -0.1) is 0 Å². The monoisotopic (exact) mass is 171 g/mol. The Morgan fingerprint density at radius 1 is 1.31 bits per heavy atom. The highest BCUT2D eigenvalue weighted by Crippen LogP contribution is 2.96. The van der Waals surface area contributed by atoms with Crippen molar-refractivity contribution in [3.8, 4) is 6.07 Å². The van der Waals surface area contributed by atoms with Crippen molar-refractivity contribution in [1.82, 2.24) is 0 Å². The molecule has 0 unspecified atom stereocenters. The molecule has 6 fully saturated rings. The Labute approximate surface area is 75.9 Å². The molecule has 0 aliphatic heterocycles. The molecule has 0 spiro atoms. The smallest absolute Gasteiger partial charge is 0.136 e. The van der Waals surface area contributed by atoms with E-state index < -0.39 is 0 Å². The number of hydrogen-bond donors (Lipinski definition) is 0. The SMILES string of the molecule is N#C[C@@]12[C@@H]3[C@@H]4[C@H]5C(=O)C[C@@H]([C@@H]43)[C@@H]1[C@@H]52. The second-order valence-corrected chi connectivity index (χ2v) is 5.64. The highest BCUT2D eigenvalue weighted by Gasteiger charge is 2.97. The summed E-state index contributed by atoms with van der Waals surface area (Å²) in [5, 5.41) is 9.25. The van der Waals surface area contributed by atoms with Gasteiger partial charge in [-0.25, -0.2) is 0 Å². The highest BCUT2D eigenvalue weighted by molar-refractivity contribution is 5.88. The van der Waals surface area contributed by atoms with Gasteiger partial charge in [-0.05, 0) is 35.5 Å². The third kappa shape index (κ3) is 0.297. The number of fused-ring (bicyclic) bond motifs is 1. The lowest BCUT2D eigenvalue weighted by Gasteiger charge is -2.32. The molecule has 2 heteroatoms. The number of nitriles is 1. The number of rotatable bonds is 0. The van der Waals surface area contributed by atoms with Crippen LogP contribution in [0.25, 0.3) is 0 Å². The number of carbonyl (C=O) groups excluding carboxylic acids is 1. The third-order valence-electron chi connectivity index (χ3n) is 5.82. The van der Waals surface area contributed by atoms with Crippen LogP contribution in [0.5, 0.6) is 0 Å². The predicted octanol–water partition coefficient (Wildman–Crippen LogP) is 0.837. The zero-order valence-corrected chi connectivity index (χ0v) is 7.10. The van der Waals surface area contributed by atoms with Crippen LogP contribution in [0.4, 0.5) is 0 Å². The maximum atomic E-state index is 11.7. The summed E-state index contributed by atoms with van der Waals surface area (Å²) >= 11 is 0. The van der Waals surface area contributed by atoms with Crippen molar-refractivity contribution in [3.05, 3.63) is 0 Å². The number of hydrogen-bond acceptors (Lipinski definition) is 2. The molecule has 0 saturated heterocycles. The van der Waals surface area contributed by atoms with Crippen LogP contribution in [0.2, 0.25) is 0 Å². The van der Waals surface area contributed by atoms with Crippen LogP contribution in [0, 0.1) is 58.2 Å². The fourth-order valence-corrected chi connectivity index (χ4v) is 5.81. The van der Waals surface area contributed by atoms with Gasteiger partial charge in [0.25, 0.3) is 0 Å². The predicted molar refractivity (Wildman–Crippen MR) is 42.1 cm³/mol. The molecule has 64 valence electrons. The van der Waals surface area contributed by atoms with E-state index in [0.717, 1.165) is 12.3 Å². The van der Waals surface area contributed by atoms with Gasteiger partial charge in [-0.3, -0.25) is 4.79 Å². The van der Waals surface area contributed by atoms with Crippen LogP contribution >= 0.6 is 0 Å². The molecule has 6 aliphatic carbocycles. The Hall–Kier alpha value is -0.840. The second kappa shape index (κ2) is 1.19. The summed E-state index contributed by atoms with van der Waals surface area (Å²) in [7, 11) is 0. The highest BCUT2D eigenvalue weighted by atomic mass is 16.1. The molecule has 2 bridgehead atoms. The van der Waals surface area contributed by atoms with Gasteiger partial charge < -0.3 is 0 Å². The summed E-state index contributed by atoms with van der Waals surface area (Å²) < 4.78 is 0. The van der Waals surface area contributed by atoms with Crippen molar-refractivity contribution in [1.29, 1.82) is 5.26 Å². The molecular weight excluding hydrogens is 162 g/mol. The molecule has 6 rings (SSSR count). The van der Waals surface area contributed by atoms with E-state index in [0.29, 0.717) is 41.3 Å². The molecule has 0 amide bonds. The Bertz CT molecular complexity index is 418. The number of carbonyl (C=O) groups is 1. The Morgan fingerprint density at radius 3 is 2.69 bits per heavy atom. The fourth-order valence-electron chi connectivity index (χ4n) is 5.81.